The summed E-state index contributed by atoms with van der Waals surface area (Å²) in [6.07, 6.45) is 73.3. The number of amides is 1. The molecule has 0 rings (SSSR count). The van der Waals surface area contributed by atoms with Crippen molar-refractivity contribution in [2.24, 2.45) is 0 Å². The van der Waals surface area contributed by atoms with Gasteiger partial charge in [-0.05, 0) is 19.3 Å². The first-order valence-electron chi connectivity index (χ1n) is 33.6. The summed E-state index contributed by atoms with van der Waals surface area (Å²) in [6.45, 7) is 4.72. The van der Waals surface area contributed by atoms with E-state index >= 15 is 0 Å². The van der Waals surface area contributed by atoms with Crippen molar-refractivity contribution in [1.82, 2.24) is 5.32 Å². The van der Waals surface area contributed by atoms with Crippen LogP contribution in [0.4, 0.5) is 0 Å². The highest BCUT2D eigenvalue weighted by atomic mass is 31.2. The molecule has 3 unspecified atom stereocenters. The lowest BCUT2D eigenvalue weighted by Gasteiger charge is -2.29. The number of phosphoric acid groups is 1. The summed E-state index contributed by atoms with van der Waals surface area (Å²) < 4.78 is 23.4. The van der Waals surface area contributed by atoms with Crippen molar-refractivity contribution in [3.63, 3.8) is 0 Å². The fourth-order valence-electron chi connectivity index (χ4n) is 10.5. The van der Waals surface area contributed by atoms with Crippen LogP contribution in [0.3, 0.4) is 0 Å². The minimum Gasteiger partial charge on any atom is -0.756 e. The molecule has 0 heterocycles. The number of aliphatic hydroxyl groups excluding tert-OH is 1. The molecule has 0 aromatic carbocycles. The lowest BCUT2D eigenvalue weighted by molar-refractivity contribution is -0.870. The maximum Gasteiger partial charge on any atom is 0.268 e. The van der Waals surface area contributed by atoms with E-state index in [1.165, 1.54) is 295 Å². The molecule has 0 aromatic rings. The highest BCUT2D eigenvalue weighted by Gasteiger charge is 2.23. The molecule has 0 radical (unpaired) electrons. The van der Waals surface area contributed by atoms with Crippen molar-refractivity contribution >= 4 is 13.7 Å². The Hall–Kier alpha value is -0.760. The van der Waals surface area contributed by atoms with E-state index in [1.807, 2.05) is 27.2 Å². The van der Waals surface area contributed by atoms with E-state index in [0.29, 0.717) is 17.4 Å². The Morgan fingerprint density at radius 3 is 1.00 bits per heavy atom. The van der Waals surface area contributed by atoms with Crippen LogP contribution in [-0.4, -0.2) is 68.5 Å². The number of allylic oxidation sites excluding steroid dienone is 1. The fourth-order valence-corrected chi connectivity index (χ4v) is 11.2. The summed E-state index contributed by atoms with van der Waals surface area (Å²) in [6, 6.07) is -0.883. The Morgan fingerprint density at radius 2 is 0.720 bits per heavy atom. The number of hydrogen-bond donors (Lipinski definition) is 2. The second kappa shape index (κ2) is 57.9. The van der Waals surface area contributed by atoms with Crippen molar-refractivity contribution in [2.75, 3.05) is 40.9 Å². The third kappa shape index (κ3) is 60.7. The second-order valence-electron chi connectivity index (χ2n) is 24.5. The second-order valence-corrected chi connectivity index (χ2v) is 26.0. The molecular formula is C66H133N2O6P. The molecule has 8 nitrogen and oxygen atoms in total. The zero-order valence-electron chi connectivity index (χ0n) is 51.3. The van der Waals surface area contributed by atoms with Crippen LogP contribution in [0.15, 0.2) is 12.2 Å². The van der Waals surface area contributed by atoms with Crippen molar-refractivity contribution in [3.05, 3.63) is 12.2 Å². The Balaban J connectivity index is 4.01. The Kier molecular flexibility index (Phi) is 57.3. The van der Waals surface area contributed by atoms with Gasteiger partial charge in [0, 0.05) is 6.42 Å². The van der Waals surface area contributed by atoms with Crippen LogP contribution in [0, 0.1) is 0 Å². The van der Waals surface area contributed by atoms with Gasteiger partial charge in [-0.1, -0.05) is 341 Å². The van der Waals surface area contributed by atoms with E-state index in [9.17, 15) is 19.4 Å². The van der Waals surface area contributed by atoms with E-state index in [1.54, 1.807) is 6.08 Å². The molecule has 448 valence electrons. The van der Waals surface area contributed by atoms with E-state index in [-0.39, 0.29) is 19.1 Å². The number of quaternary nitrogens is 1. The number of nitrogens with one attached hydrogen (secondary N) is 1. The quantitative estimate of drug-likeness (QED) is 0.0272. The number of unbranched alkanes of at least 4 members (excludes halogenated alkanes) is 50. The molecule has 75 heavy (non-hydrogen) atoms. The summed E-state index contributed by atoms with van der Waals surface area (Å²) in [7, 11) is 1.28. The van der Waals surface area contributed by atoms with E-state index in [0.717, 1.165) is 38.5 Å². The molecule has 0 aromatic heterocycles. The molecule has 3 atom stereocenters. The third-order valence-corrected chi connectivity index (χ3v) is 16.7. The van der Waals surface area contributed by atoms with Gasteiger partial charge in [0.1, 0.15) is 13.2 Å². The Morgan fingerprint density at radius 1 is 0.453 bits per heavy atom. The minimum absolute atomic E-state index is 0.00289. The van der Waals surface area contributed by atoms with Crippen LogP contribution in [0.1, 0.15) is 354 Å². The van der Waals surface area contributed by atoms with Gasteiger partial charge in [0.25, 0.3) is 7.82 Å². The summed E-state index contributed by atoms with van der Waals surface area (Å²) in [5.74, 6) is -0.188. The number of rotatable bonds is 63. The number of phosphoric ester groups is 1. The molecule has 0 aliphatic carbocycles. The SMILES string of the molecule is CCCCCCCCCCCCCCCCCCCCC/C=C/C(O)C(COP(=O)([O-])OCC[N+](C)(C)C)NC(=O)CCCCCCCCCCCCCCCCCCCCCCCCCCCCCCCCCC. The first-order valence-corrected chi connectivity index (χ1v) is 35.0. The number of likely N-dealkylation sites (N-methyl/N-ethyl adjacent to an activating group) is 1. The molecule has 0 fully saturated rings. The molecule has 0 aliphatic heterocycles. The number of aliphatic hydroxyl groups is 1. The zero-order valence-corrected chi connectivity index (χ0v) is 52.2. The maximum atomic E-state index is 13.0. The van der Waals surface area contributed by atoms with Crippen molar-refractivity contribution in [3.8, 4) is 0 Å². The largest absolute Gasteiger partial charge is 0.756 e. The molecule has 1 amide bonds. The Labute approximate surface area is 469 Å². The summed E-state index contributed by atoms with van der Waals surface area (Å²) in [5, 5.41) is 13.9. The van der Waals surface area contributed by atoms with Crippen LogP contribution in [0.2, 0.25) is 0 Å². The van der Waals surface area contributed by atoms with E-state index in [4.69, 9.17) is 9.05 Å². The standard InChI is InChI=1S/C66H133N2O6P/c1-6-8-10-12-14-16-18-20-22-24-26-28-29-30-31-32-33-34-35-36-37-38-40-42-44-46-48-50-52-54-56-58-60-66(70)67-64(63-74-75(71,72)73-62-61-68(3,4)5)65(69)59-57-55-53-51-49-47-45-43-41-39-27-25-23-21-19-17-15-13-11-9-7-2/h57,59,64-65,69H,6-56,58,60-63H2,1-5H3,(H-,67,70,71,72)/b59-57+. The van der Waals surface area contributed by atoms with Gasteiger partial charge in [0.2, 0.25) is 5.91 Å². The van der Waals surface area contributed by atoms with Gasteiger partial charge in [0.05, 0.1) is 39.9 Å². The number of carbonyl (C=O) groups is 1. The third-order valence-electron chi connectivity index (χ3n) is 15.7. The lowest BCUT2D eigenvalue weighted by atomic mass is 10.0. The average molecular weight is 1080 g/mol. The van der Waals surface area contributed by atoms with Crippen LogP contribution in [0.5, 0.6) is 0 Å². The van der Waals surface area contributed by atoms with Gasteiger partial charge < -0.3 is 28.8 Å². The molecule has 2 N–H and O–H groups in total. The van der Waals surface area contributed by atoms with Crippen LogP contribution >= 0.6 is 7.82 Å². The van der Waals surface area contributed by atoms with Gasteiger partial charge in [-0.25, -0.2) is 0 Å². The van der Waals surface area contributed by atoms with Crippen LogP contribution in [0.25, 0.3) is 0 Å². The topological polar surface area (TPSA) is 108 Å². The van der Waals surface area contributed by atoms with E-state index in [2.05, 4.69) is 19.2 Å². The van der Waals surface area contributed by atoms with Gasteiger partial charge in [-0.15, -0.1) is 0 Å². The zero-order chi connectivity index (χ0) is 54.9. The monoisotopic (exact) mass is 1080 g/mol. The van der Waals surface area contributed by atoms with Crippen LogP contribution in [-0.2, 0) is 18.4 Å². The Bertz CT molecular complexity index is 1230. The first-order chi connectivity index (χ1) is 36.5. The molecule has 9 heteroatoms. The van der Waals surface area contributed by atoms with Crippen molar-refractivity contribution in [1.29, 1.82) is 0 Å². The summed E-state index contributed by atoms with van der Waals surface area (Å²) >= 11 is 0. The normalized spacial score (nSPS) is 13.7. The van der Waals surface area contributed by atoms with Gasteiger partial charge in [-0.2, -0.15) is 0 Å². The van der Waals surface area contributed by atoms with Crippen molar-refractivity contribution in [2.45, 2.75) is 366 Å². The molecular weight excluding hydrogens is 948 g/mol. The molecule has 0 spiro atoms. The molecule has 0 saturated heterocycles. The minimum atomic E-state index is -4.60. The molecule has 0 bridgehead atoms. The summed E-state index contributed by atoms with van der Waals surface area (Å²) in [4.78, 5) is 25.6. The van der Waals surface area contributed by atoms with E-state index < -0.39 is 20.0 Å². The fraction of sp³-hybridized carbons (Fsp3) is 0.955. The number of carbonyl (C=O) groups excluding carboxylic acids is 1. The van der Waals surface area contributed by atoms with Crippen molar-refractivity contribution < 1.29 is 32.9 Å². The van der Waals surface area contributed by atoms with Gasteiger partial charge in [0.15, 0.2) is 0 Å². The summed E-state index contributed by atoms with van der Waals surface area (Å²) in [5.41, 5.74) is 0. The predicted octanol–water partition coefficient (Wildman–Crippen LogP) is 20.3. The number of nitrogens with zero attached hydrogens (tertiary/aromatic N) is 1. The molecule has 0 saturated carbocycles. The number of hydrogen-bond acceptors (Lipinski definition) is 6. The predicted molar refractivity (Wildman–Crippen MR) is 326 cm³/mol. The lowest BCUT2D eigenvalue weighted by Crippen LogP contribution is -2.45. The highest BCUT2D eigenvalue weighted by Crippen LogP contribution is 2.38. The maximum absolute atomic E-state index is 13.0. The highest BCUT2D eigenvalue weighted by molar-refractivity contribution is 7.45. The molecule has 0 aliphatic rings. The smallest absolute Gasteiger partial charge is 0.268 e. The van der Waals surface area contributed by atoms with Gasteiger partial charge in [-0.3, -0.25) is 9.36 Å². The van der Waals surface area contributed by atoms with Gasteiger partial charge >= 0.3 is 0 Å². The average Bonchev–Trinajstić information content (AvgIpc) is 3.37. The van der Waals surface area contributed by atoms with Crippen LogP contribution < -0.4 is 10.2 Å². The first kappa shape index (κ1) is 74.2.